The monoisotopic (exact) mass is 253 g/mol. The Labute approximate surface area is 108 Å². The lowest BCUT2D eigenvalue weighted by atomic mass is 10.1. The molecule has 18 heavy (non-hydrogen) atoms. The maximum absolute atomic E-state index is 12.1. The zero-order chi connectivity index (χ0) is 13.7. The van der Waals surface area contributed by atoms with Gasteiger partial charge in [0.15, 0.2) is 0 Å². The van der Waals surface area contributed by atoms with Gasteiger partial charge < -0.3 is 10.4 Å². The van der Waals surface area contributed by atoms with Gasteiger partial charge in [0.25, 0.3) is 5.91 Å². The topological polar surface area (TPSA) is 67.2 Å². The predicted molar refractivity (Wildman–Crippen MR) is 70.6 cm³/mol. The molecule has 1 amide bonds. The minimum absolute atomic E-state index is 0.0673. The van der Waals surface area contributed by atoms with Crippen molar-refractivity contribution < 1.29 is 9.90 Å². The number of hydrogen-bond donors (Lipinski definition) is 2. The van der Waals surface area contributed by atoms with Gasteiger partial charge in [-0.15, -0.1) is 0 Å². The van der Waals surface area contributed by atoms with Gasteiger partial charge in [-0.2, -0.15) is 5.10 Å². The Hall–Kier alpha value is -1.36. The third kappa shape index (κ3) is 3.57. The highest BCUT2D eigenvalue weighted by molar-refractivity contribution is 5.95. The van der Waals surface area contributed by atoms with Crippen LogP contribution in [-0.2, 0) is 6.54 Å². The van der Waals surface area contributed by atoms with Gasteiger partial charge in [0.1, 0.15) is 0 Å². The van der Waals surface area contributed by atoms with E-state index in [2.05, 4.69) is 10.4 Å². The molecule has 1 rings (SSSR count). The molecule has 102 valence electrons. The van der Waals surface area contributed by atoms with Gasteiger partial charge in [-0.1, -0.05) is 20.8 Å². The van der Waals surface area contributed by atoms with Crippen LogP contribution in [0.2, 0.25) is 0 Å². The summed E-state index contributed by atoms with van der Waals surface area (Å²) in [7, 11) is 0. The summed E-state index contributed by atoms with van der Waals surface area (Å²) in [6.45, 7) is 9.23. The van der Waals surface area contributed by atoms with Crippen molar-refractivity contribution in [3.63, 3.8) is 0 Å². The molecule has 0 bridgehead atoms. The highest BCUT2D eigenvalue weighted by atomic mass is 16.3. The molecule has 0 aliphatic heterocycles. The average Bonchev–Trinajstić information content (AvgIpc) is 2.79. The summed E-state index contributed by atoms with van der Waals surface area (Å²) < 4.78 is 1.78. The van der Waals surface area contributed by atoms with Crippen molar-refractivity contribution in [2.24, 2.45) is 5.92 Å². The number of hydrogen-bond acceptors (Lipinski definition) is 3. The first kappa shape index (κ1) is 14.7. The van der Waals surface area contributed by atoms with Gasteiger partial charge in [-0.3, -0.25) is 9.48 Å². The van der Waals surface area contributed by atoms with Crippen LogP contribution in [0.4, 0.5) is 0 Å². The molecule has 5 nitrogen and oxygen atoms in total. The van der Waals surface area contributed by atoms with E-state index in [0.29, 0.717) is 12.1 Å². The smallest absolute Gasteiger partial charge is 0.254 e. The van der Waals surface area contributed by atoms with Crippen LogP contribution >= 0.6 is 0 Å². The van der Waals surface area contributed by atoms with Crippen molar-refractivity contribution in [1.82, 2.24) is 15.1 Å². The number of nitrogens with zero attached hydrogens (tertiary/aromatic N) is 2. The fraction of sp³-hybridized carbons (Fsp3) is 0.692. The molecule has 0 radical (unpaired) electrons. The molecule has 1 aromatic rings. The predicted octanol–water partition coefficient (Wildman–Crippen LogP) is 1.38. The number of nitrogens with one attached hydrogen (secondary N) is 1. The molecule has 1 atom stereocenters. The summed E-state index contributed by atoms with van der Waals surface area (Å²) in [6.07, 6.45) is 1.79. The van der Waals surface area contributed by atoms with E-state index in [9.17, 15) is 4.79 Å². The molecule has 0 saturated heterocycles. The van der Waals surface area contributed by atoms with Gasteiger partial charge in [0, 0.05) is 25.9 Å². The van der Waals surface area contributed by atoms with Crippen molar-refractivity contribution in [3.05, 3.63) is 17.5 Å². The fourth-order valence-electron chi connectivity index (χ4n) is 1.63. The largest absolute Gasteiger partial charge is 0.396 e. The molecule has 2 N–H and O–H groups in total. The van der Waals surface area contributed by atoms with Gasteiger partial charge in [-0.25, -0.2) is 0 Å². The van der Waals surface area contributed by atoms with Crippen molar-refractivity contribution in [2.45, 2.75) is 40.2 Å². The van der Waals surface area contributed by atoms with Crippen LogP contribution in [0.1, 0.15) is 49.7 Å². The molecule has 5 heteroatoms. The van der Waals surface area contributed by atoms with E-state index in [4.69, 9.17) is 5.11 Å². The Morgan fingerprint density at radius 2 is 2.17 bits per heavy atom. The molecule has 0 aromatic carbocycles. The second-order valence-corrected chi connectivity index (χ2v) is 4.94. The third-order valence-corrected chi connectivity index (χ3v) is 2.83. The summed E-state index contributed by atoms with van der Waals surface area (Å²) in [5.74, 6) is 0.171. The summed E-state index contributed by atoms with van der Waals surface area (Å²) in [5, 5.41) is 16.2. The summed E-state index contributed by atoms with van der Waals surface area (Å²) in [6, 6.07) is 0. The number of aliphatic hydroxyl groups excluding tert-OH is 1. The number of aromatic nitrogens is 2. The molecule has 0 aliphatic rings. The van der Waals surface area contributed by atoms with Crippen LogP contribution in [0.3, 0.4) is 0 Å². The summed E-state index contributed by atoms with van der Waals surface area (Å²) >= 11 is 0. The zero-order valence-corrected chi connectivity index (χ0v) is 11.6. The molecule has 0 spiro atoms. The number of carbonyl (C=O) groups excluding carboxylic acids is 1. The van der Waals surface area contributed by atoms with Crippen molar-refractivity contribution >= 4 is 5.91 Å². The molecular formula is C13H23N3O2. The van der Waals surface area contributed by atoms with Gasteiger partial charge in [-0.05, 0) is 18.8 Å². The highest BCUT2D eigenvalue weighted by Gasteiger charge is 2.18. The Balaban J connectivity index is 2.80. The maximum Gasteiger partial charge on any atom is 0.254 e. The van der Waals surface area contributed by atoms with Crippen LogP contribution < -0.4 is 5.32 Å². The van der Waals surface area contributed by atoms with E-state index in [1.54, 1.807) is 10.9 Å². The van der Waals surface area contributed by atoms with Gasteiger partial charge in [0.2, 0.25) is 0 Å². The quantitative estimate of drug-likeness (QED) is 0.805. The SMILES string of the molecule is CCn1cc(C(=O)NCC(C)CO)c(C(C)C)n1. The average molecular weight is 253 g/mol. The fourth-order valence-corrected chi connectivity index (χ4v) is 1.63. The second kappa shape index (κ2) is 6.54. The number of rotatable bonds is 6. The Bertz CT molecular complexity index is 399. The lowest BCUT2D eigenvalue weighted by Gasteiger charge is -2.10. The van der Waals surface area contributed by atoms with E-state index < -0.39 is 0 Å². The van der Waals surface area contributed by atoms with Crippen molar-refractivity contribution in [2.75, 3.05) is 13.2 Å². The number of aliphatic hydroxyl groups is 1. The molecule has 1 aromatic heterocycles. The summed E-state index contributed by atoms with van der Waals surface area (Å²) in [4.78, 5) is 12.1. The molecule has 0 aliphatic carbocycles. The number of amides is 1. The molecular weight excluding hydrogens is 230 g/mol. The lowest BCUT2D eigenvalue weighted by Crippen LogP contribution is -2.30. The van der Waals surface area contributed by atoms with Gasteiger partial charge >= 0.3 is 0 Å². The molecule has 0 saturated carbocycles. The van der Waals surface area contributed by atoms with Crippen LogP contribution in [0.25, 0.3) is 0 Å². The Morgan fingerprint density at radius 1 is 1.50 bits per heavy atom. The summed E-state index contributed by atoms with van der Waals surface area (Å²) in [5.41, 5.74) is 1.46. The minimum Gasteiger partial charge on any atom is -0.396 e. The van der Waals surface area contributed by atoms with E-state index in [1.807, 2.05) is 27.7 Å². The first-order chi connectivity index (χ1) is 8.49. The van der Waals surface area contributed by atoms with Crippen LogP contribution in [0.5, 0.6) is 0 Å². The van der Waals surface area contributed by atoms with Crippen molar-refractivity contribution in [1.29, 1.82) is 0 Å². The number of aryl methyl sites for hydroxylation is 1. The van der Waals surface area contributed by atoms with Crippen LogP contribution in [-0.4, -0.2) is 33.9 Å². The molecule has 1 heterocycles. The molecule has 0 fully saturated rings. The number of carbonyl (C=O) groups is 1. The minimum atomic E-state index is -0.112. The van der Waals surface area contributed by atoms with Crippen LogP contribution in [0.15, 0.2) is 6.20 Å². The highest BCUT2D eigenvalue weighted by Crippen LogP contribution is 2.17. The molecule has 1 unspecified atom stereocenters. The Kier molecular flexibility index (Phi) is 5.34. The van der Waals surface area contributed by atoms with E-state index in [0.717, 1.165) is 12.2 Å². The van der Waals surface area contributed by atoms with Crippen molar-refractivity contribution in [3.8, 4) is 0 Å². The van der Waals surface area contributed by atoms with Crippen LogP contribution in [0, 0.1) is 5.92 Å². The third-order valence-electron chi connectivity index (χ3n) is 2.83. The van der Waals surface area contributed by atoms with E-state index in [1.165, 1.54) is 0 Å². The standard InChI is InChI=1S/C13H23N3O2/c1-5-16-7-11(12(15-16)9(2)3)13(18)14-6-10(4)8-17/h7,9-10,17H,5-6,8H2,1-4H3,(H,14,18). The van der Waals surface area contributed by atoms with E-state index >= 15 is 0 Å². The van der Waals surface area contributed by atoms with E-state index in [-0.39, 0.29) is 24.3 Å². The Morgan fingerprint density at radius 3 is 2.67 bits per heavy atom. The normalized spacial score (nSPS) is 12.8. The maximum atomic E-state index is 12.1. The van der Waals surface area contributed by atoms with Gasteiger partial charge in [0.05, 0.1) is 11.3 Å². The second-order valence-electron chi connectivity index (χ2n) is 4.94. The first-order valence-corrected chi connectivity index (χ1v) is 6.45. The zero-order valence-electron chi connectivity index (χ0n) is 11.6. The lowest BCUT2D eigenvalue weighted by molar-refractivity contribution is 0.0941. The first-order valence-electron chi connectivity index (χ1n) is 6.45.